The van der Waals surface area contributed by atoms with Crippen LogP contribution in [0.15, 0.2) is 53.2 Å². The molecule has 37 heavy (non-hydrogen) atoms. The molecule has 8 heteroatoms. The summed E-state index contributed by atoms with van der Waals surface area (Å²) in [6.07, 6.45) is 6.42. The number of hydrogen-bond donors (Lipinski definition) is 1. The third-order valence-corrected chi connectivity index (χ3v) is 8.66. The summed E-state index contributed by atoms with van der Waals surface area (Å²) in [7, 11) is 2.17. The lowest BCUT2D eigenvalue weighted by Crippen LogP contribution is -2.43. The van der Waals surface area contributed by atoms with Crippen LogP contribution < -0.4 is 5.32 Å². The number of fused-ring (bicyclic) bond motifs is 1. The maximum atomic E-state index is 13.1. The van der Waals surface area contributed by atoms with Crippen LogP contribution >= 0.6 is 0 Å². The highest BCUT2D eigenvalue weighted by molar-refractivity contribution is 5.96. The summed E-state index contributed by atoms with van der Waals surface area (Å²) in [6.45, 7) is 7.56. The van der Waals surface area contributed by atoms with Gasteiger partial charge in [-0.05, 0) is 67.5 Å². The van der Waals surface area contributed by atoms with E-state index in [0.717, 1.165) is 76.0 Å². The fourth-order valence-corrected chi connectivity index (χ4v) is 5.99. The zero-order valence-corrected chi connectivity index (χ0v) is 21.5. The van der Waals surface area contributed by atoms with E-state index in [2.05, 4.69) is 39.3 Å². The van der Waals surface area contributed by atoms with Gasteiger partial charge in [-0.2, -0.15) is 0 Å². The number of benzene rings is 1. The standard InChI is InChI=1S/C29H35N5O3/c1-32-12-14-33(15-13-32)20-21-2-4-22(5-3-21)28(36)34-10-7-29(8-11-34)17-24(29)18-31-27(35)25-16-23-6-9-30-19-26(23)37-25/h2-6,9,16,19,24H,7-8,10-15,17-18,20H2,1H3,(H,31,35). The number of nitrogens with zero attached hydrogens (tertiary/aromatic N) is 4. The second kappa shape index (κ2) is 9.91. The average Bonchev–Trinajstić information content (AvgIpc) is 3.39. The molecule has 4 heterocycles. The highest BCUT2D eigenvalue weighted by atomic mass is 16.3. The van der Waals surface area contributed by atoms with Crippen molar-refractivity contribution >= 4 is 22.8 Å². The molecule has 194 valence electrons. The van der Waals surface area contributed by atoms with Crippen LogP contribution in [-0.2, 0) is 6.54 Å². The number of likely N-dealkylation sites (N-methyl/N-ethyl adjacent to an activating group) is 1. The molecule has 2 aliphatic heterocycles. The molecule has 2 saturated heterocycles. The summed E-state index contributed by atoms with van der Waals surface area (Å²) in [5, 5.41) is 3.93. The Balaban J connectivity index is 0.965. The van der Waals surface area contributed by atoms with E-state index < -0.39 is 0 Å². The second-order valence-corrected chi connectivity index (χ2v) is 11.1. The number of aromatic nitrogens is 1. The molecule has 3 aliphatic rings. The number of furan rings is 1. The molecule has 0 bridgehead atoms. The largest absolute Gasteiger partial charge is 0.449 e. The van der Waals surface area contributed by atoms with E-state index in [1.807, 2.05) is 23.1 Å². The van der Waals surface area contributed by atoms with Crippen LogP contribution in [0.2, 0.25) is 0 Å². The van der Waals surface area contributed by atoms with Crippen molar-refractivity contribution in [2.45, 2.75) is 25.8 Å². The Kier molecular flexibility index (Phi) is 6.46. The van der Waals surface area contributed by atoms with Crippen LogP contribution in [0.1, 0.15) is 45.7 Å². The first-order valence-electron chi connectivity index (χ1n) is 13.4. The highest BCUT2D eigenvalue weighted by Crippen LogP contribution is 2.59. The number of carbonyl (C=O) groups is 2. The van der Waals surface area contributed by atoms with Gasteiger partial charge in [0, 0.05) is 69.5 Å². The van der Waals surface area contributed by atoms with Crippen molar-refractivity contribution in [2.75, 3.05) is 52.9 Å². The SMILES string of the molecule is CN1CCN(Cc2ccc(C(=O)N3CCC4(CC3)CC4CNC(=O)c3cc4ccncc4o3)cc2)CC1. The number of rotatable bonds is 6. The minimum absolute atomic E-state index is 0.130. The lowest BCUT2D eigenvalue weighted by Gasteiger charge is -2.33. The van der Waals surface area contributed by atoms with Crippen LogP contribution in [0.3, 0.4) is 0 Å². The molecule has 1 unspecified atom stereocenters. The van der Waals surface area contributed by atoms with Gasteiger partial charge in [0.25, 0.3) is 11.8 Å². The molecule has 1 atom stereocenters. The molecule has 6 rings (SSSR count). The molecule has 2 amide bonds. The number of carbonyl (C=O) groups excluding carboxylic acids is 2. The molecule has 8 nitrogen and oxygen atoms in total. The first-order valence-corrected chi connectivity index (χ1v) is 13.4. The minimum atomic E-state index is -0.179. The van der Waals surface area contributed by atoms with Gasteiger partial charge in [0.05, 0.1) is 6.20 Å². The Morgan fingerprint density at radius 1 is 1.05 bits per heavy atom. The van der Waals surface area contributed by atoms with Gasteiger partial charge in [-0.1, -0.05) is 12.1 Å². The summed E-state index contributed by atoms with van der Waals surface area (Å²) in [5.74, 6) is 0.745. The molecule has 1 aliphatic carbocycles. The lowest BCUT2D eigenvalue weighted by molar-refractivity contribution is 0.0668. The zero-order chi connectivity index (χ0) is 25.4. The molecular formula is C29H35N5O3. The van der Waals surface area contributed by atoms with Gasteiger partial charge >= 0.3 is 0 Å². The first-order chi connectivity index (χ1) is 18.0. The molecule has 3 fully saturated rings. The van der Waals surface area contributed by atoms with E-state index in [1.165, 1.54) is 5.56 Å². The van der Waals surface area contributed by atoms with Crippen LogP contribution in [0.4, 0.5) is 0 Å². The number of piperazine rings is 1. The lowest BCUT2D eigenvalue weighted by atomic mass is 9.90. The van der Waals surface area contributed by atoms with E-state index >= 15 is 0 Å². The number of piperidine rings is 1. The van der Waals surface area contributed by atoms with Gasteiger partial charge in [0.1, 0.15) is 0 Å². The van der Waals surface area contributed by atoms with Crippen molar-refractivity contribution in [1.82, 2.24) is 25.0 Å². The molecule has 0 radical (unpaired) electrons. The maximum Gasteiger partial charge on any atom is 0.287 e. The fraction of sp³-hybridized carbons (Fsp3) is 0.483. The number of pyridine rings is 1. The second-order valence-electron chi connectivity index (χ2n) is 11.1. The Bertz CT molecular complexity index is 1240. The van der Waals surface area contributed by atoms with Crippen molar-refractivity contribution < 1.29 is 14.0 Å². The molecule has 3 aromatic rings. The average molecular weight is 502 g/mol. The van der Waals surface area contributed by atoms with Crippen LogP contribution in [0.25, 0.3) is 11.0 Å². The quantitative estimate of drug-likeness (QED) is 0.559. The predicted molar refractivity (Wildman–Crippen MR) is 141 cm³/mol. The van der Waals surface area contributed by atoms with Crippen molar-refractivity contribution in [2.24, 2.45) is 11.3 Å². The smallest absolute Gasteiger partial charge is 0.287 e. The fourth-order valence-electron chi connectivity index (χ4n) is 5.99. The van der Waals surface area contributed by atoms with Crippen molar-refractivity contribution in [3.05, 3.63) is 65.7 Å². The molecular weight excluding hydrogens is 466 g/mol. The third kappa shape index (κ3) is 5.13. The van der Waals surface area contributed by atoms with Crippen molar-refractivity contribution in [3.8, 4) is 0 Å². The number of hydrogen-bond acceptors (Lipinski definition) is 6. The molecule has 1 aromatic carbocycles. The van der Waals surface area contributed by atoms with E-state index in [-0.39, 0.29) is 17.2 Å². The summed E-state index contributed by atoms with van der Waals surface area (Å²) in [5.41, 5.74) is 2.92. The first kappa shape index (κ1) is 24.1. The predicted octanol–water partition coefficient (Wildman–Crippen LogP) is 3.25. The number of likely N-dealkylation sites (tertiary alicyclic amines) is 1. The molecule has 1 spiro atoms. The zero-order valence-electron chi connectivity index (χ0n) is 21.5. The number of amides is 2. The summed E-state index contributed by atoms with van der Waals surface area (Å²) in [4.78, 5) is 36.6. The molecule has 1 saturated carbocycles. The van der Waals surface area contributed by atoms with Gasteiger partial charge < -0.3 is 19.5 Å². The minimum Gasteiger partial charge on any atom is -0.449 e. The van der Waals surface area contributed by atoms with Gasteiger partial charge in [-0.3, -0.25) is 19.5 Å². The summed E-state index contributed by atoms with van der Waals surface area (Å²) >= 11 is 0. The van der Waals surface area contributed by atoms with E-state index in [4.69, 9.17) is 4.42 Å². The number of nitrogens with one attached hydrogen (secondary N) is 1. The summed E-state index contributed by atoms with van der Waals surface area (Å²) in [6, 6.07) is 11.8. The normalized spacial score (nSPS) is 21.9. The van der Waals surface area contributed by atoms with Gasteiger partial charge in [-0.25, -0.2) is 0 Å². The van der Waals surface area contributed by atoms with Crippen LogP contribution in [-0.4, -0.2) is 84.4 Å². The van der Waals surface area contributed by atoms with Gasteiger partial charge in [0.15, 0.2) is 11.3 Å². The Labute approximate surface area is 217 Å². The van der Waals surface area contributed by atoms with E-state index in [1.54, 1.807) is 18.5 Å². The van der Waals surface area contributed by atoms with Crippen molar-refractivity contribution in [1.29, 1.82) is 0 Å². The Morgan fingerprint density at radius 2 is 1.81 bits per heavy atom. The van der Waals surface area contributed by atoms with Crippen LogP contribution in [0, 0.1) is 11.3 Å². The molecule has 1 N–H and O–H groups in total. The topological polar surface area (TPSA) is 81.9 Å². The van der Waals surface area contributed by atoms with Gasteiger partial charge in [0.2, 0.25) is 0 Å². The Hall–Kier alpha value is -3.23. The molecule has 2 aromatic heterocycles. The monoisotopic (exact) mass is 501 g/mol. The highest BCUT2D eigenvalue weighted by Gasteiger charge is 2.54. The van der Waals surface area contributed by atoms with E-state index in [0.29, 0.717) is 23.8 Å². The van der Waals surface area contributed by atoms with Crippen LogP contribution in [0.5, 0.6) is 0 Å². The summed E-state index contributed by atoms with van der Waals surface area (Å²) < 4.78 is 5.63. The third-order valence-electron chi connectivity index (χ3n) is 8.66. The maximum absolute atomic E-state index is 13.1. The van der Waals surface area contributed by atoms with E-state index in [9.17, 15) is 9.59 Å². The van der Waals surface area contributed by atoms with Gasteiger partial charge in [-0.15, -0.1) is 0 Å². The Morgan fingerprint density at radius 3 is 2.54 bits per heavy atom. The van der Waals surface area contributed by atoms with Crippen molar-refractivity contribution in [3.63, 3.8) is 0 Å².